The second-order valence-corrected chi connectivity index (χ2v) is 7.52. The van der Waals surface area contributed by atoms with E-state index in [2.05, 4.69) is 53.3 Å². The Morgan fingerprint density at radius 2 is 2.04 bits per heavy atom. The molecule has 0 radical (unpaired) electrons. The molecule has 1 heterocycles. The molecule has 1 aliphatic carbocycles. The molecule has 25 heavy (non-hydrogen) atoms. The molecule has 3 rings (SSSR count). The van der Waals surface area contributed by atoms with Crippen molar-refractivity contribution in [3.05, 3.63) is 35.4 Å². The number of halogens is 1. The number of methoxy groups -OCH3 is 1. The molecule has 4 nitrogen and oxygen atoms in total. The summed E-state index contributed by atoms with van der Waals surface area (Å²) in [5.74, 6) is 2.91. The summed E-state index contributed by atoms with van der Waals surface area (Å²) in [5.41, 5.74) is 2.87. The van der Waals surface area contributed by atoms with E-state index in [-0.39, 0.29) is 24.0 Å². The minimum absolute atomic E-state index is 0. The van der Waals surface area contributed by atoms with E-state index < -0.39 is 0 Å². The maximum atomic E-state index is 5.30. The third-order valence-electron chi connectivity index (χ3n) is 5.34. The zero-order valence-corrected chi connectivity index (χ0v) is 18.2. The van der Waals surface area contributed by atoms with E-state index in [1.54, 1.807) is 7.11 Å². The van der Waals surface area contributed by atoms with E-state index in [0.717, 1.165) is 25.7 Å². The molecule has 1 saturated heterocycles. The van der Waals surface area contributed by atoms with Gasteiger partial charge in [-0.1, -0.05) is 38.1 Å². The van der Waals surface area contributed by atoms with Gasteiger partial charge in [0, 0.05) is 45.1 Å². The van der Waals surface area contributed by atoms with Gasteiger partial charge in [-0.2, -0.15) is 0 Å². The van der Waals surface area contributed by atoms with Crippen molar-refractivity contribution in [2.75, 3.05) is 33.9 Å². The van der Waals surface area contributed by atoms with E-state index in [1.165, 1.54) is 24.0 Å². The molecule has 1 aliphatic heterocycles. The molecule has 0 amide bonds. The summed E-state index contributed by atoms with van der Waals surface area (Å²) < 4.78 is 5.30. The summed E-state index contributed by atoms with van der Waals surface area (Å²) in [4.78, 5) is 6.88. The van der Waals surface area contributed by atoms with Gasteiger partial charge in [0.1, 0.15) is 0 Å². The highest BCUT2D eigenvalue weighted by Gasteiger charge is 2.40. The van der Waals surface area contributed by atoms with Gasteiger partial charge in [0.05, 0.1) is 6.61 Å². The van der Waals surface area contributed by atoms with Gasteiger partial charge in [-0.15, -0.1) is 24.0 Å². The van der Waals surface area contributed by atoms with E-state index in [4.69, 9.17) is 4.74 Å². The van der Waals surface area contributed by atoms with Crippen molar-refractivity contribution in [1.29, 1.82) is 0 Å². The Hall–Kier alpha value is -0.820. The van der Waals surface area contributed by atoms with Gasteiger partial charge in [-0.05, 0) is 29.9 Å². The van der Waals surface area contributed by atoms with Crippen LogP contribution in [0.2, 0.25) is 0 Å². The maximum Gasteiger partial charge on any atom is 0.193 e. The summed E-state index contributed by atoms with van der Waals surface area (Å²) in [7, 11) is 3.68. The Bertz CT molecular complexity index is 573. The van der Waals surface area contributed by atoms with Crippen LogP contribution in [0.25, 0.3) is 0 Å². The average Bonchev–Trinajstić information content (AvgIpc) is 3.21. The summed E-state index contributed by atoms with van der Waals surface area (Å²) in [6, 6.07) is 9.68. The minimum Gasteiger partial charge on any atom is -0.384 e. The first-order valence-electron chi connectivity index (χ1n) is 9.19. The normalized spacial score (nSPS) is 25.9. The van der Waals surface area contributed by atoms with Gasteiger partial charge in [0.25, 0.3) is 0 Å². The first-order valence-corrected chi connectivity index (χ1v) is 9.19. The van der Waals surface area contributed by atoms with Crippen molar-refractivity contribution in [3.8, 4) is 0 Å². The van der Waals surface area contributed by atoms with Crippen molar-refractivity contribution in [1.82, 2.24) is 10.2 Å². The van der Waals surface area contributed by atoms with Gasteiger partial charge < -0.3 is 15.0 Å². The van der Waals surface area contributed by atoms with Crippen LogP contribution in [0.3, 0.4) is 0 Å². The Morgan fingerprint density at radius 1 is 1.32 bits per heavy atom. The Morgan fingerprint density at radius 3 is 2.64 bits per heavy atom. The van der Waals surface area contributed by atoms with E-state index in [0.29, 0.717) is 23.8 Å². The number of hydrogen-bond donors (Lipinski definition) is 1. The summed E-state index contributed by atoms with van der Waals surface area (Å²) >= 11 is 0. The standard InChI is InChI=1S/C20H31N3O.HI/c1-14(2)16-5-7-17(8-6-16)18-11-19(18)22-20(21-3)23-10-9-15(12-23)13-24-4;/h5-8,14-15,18-19H,9-13H2,1-4H3,(H,21,22);1H. The molecular weight excluding hydrogens is 425 g/mol. The van der Waals surface area contributed by atoms with Crippen LogP contribution in [-0.4, -0.2) is 50.8 Å². The molecule has 140 valence electrons. The lowest BCUT2D eigenvalue weighted by atomic mass is 10.0. The van der Waals surface area contributed by atoms with Crippen LogP contribution in [0.1, 0.15) is 49.7 Å². The molecule has 3 atom stereocenters. The Labute approximate surface area is 169 Å². The van der Waals surface area contributed by atoms with Gasteiger partial charge in [0.2, 0.25) is 0 Å². The van der Waals surface area contributed by atoms with Gasteiger partial charge in [-0.25, -0.2) is 0 Å². The second-order valence-electron chi connectivity index (χ2n) is 7.52. The molecule has 0 spiro atoms. The van der Waals surface area contributed by atoms with Crippen molar-refractivity contribution in [3.63, 3.8) is 0 Å². The number of ether oxygens (including phenoxy) is 1. The zero-order chi connectivity index (χ0) is 17.1. The van der Waals surface area contributed by atoms with E-state index in [1.807, 2.05) is 7.05 Å². The quantitative estimate of drug-likeness (QED) is 0.415. The molecule has 5 heteroatoms. The number of benzene rings is 1. The minimum atomic E-state index is 0. The van der Waals surface area contributed by atoms with Crippen LogP contribution in [0.5, 0.6) is 0 Å². The van der Waals surface area contributed by atoms with Crippen molar-refractivity contribution >= 4 is 29.9 Å². The van der Waals surface area contributed by atoms with Gasteiger partial charge in [0.15, 0.2) is 5.96 Å². The molecule has 2 fully saturated rings. The fraction of sp³-hybridized carbons (Fsp3) is 0.650. The first-order chi connectivity index (χ1) is 11.6. The Kier molecular flexibility index (Phi) is 7.55. The van der Waals surface area contributed by atoms with Crippen molar-refractivity contribution in [2.24, 2.45) is 10.9 Å². The fourth-order valence-corrected chi connectivity index (χ4v) is 3.71. The van der Waals surface area contributed by atoms with E-state index in [9.17, 15) is 0 Å². The zero-order valence-electron chi connectivity index (χ0n) is 15.9. The third-order valence-corrected chi connectivity index (χ3v) is 5.34. The highest BCUT2D eigenvalue weighted by atomic mass is 127. The molecule has 1 saturated carbocycles. The molecule has 1 aromatic rings. The number of nitrogens with zero attached hydrogens (tertiary/aromatic N) is 2. The maximum absolute atomic E-state index is 5.30. The van der Waals surface area contributed by atoms with Crippen LogP contribution in [0.4, 0.5) is 0 Å². The number of nitrogens with one attached hydrogen (secondary N) is 1. The molecule has 1 N–H and O–H groups in total. The monoisotopic (exact) mass is 457 g/mol. The lowest BCUT2D eigenvalue weighted by Crippen LogP contribution is -2.41. The smallest absolute Gasteiger partial charge is 0.193 e. The fourth-order valence-electron chi connectivity index (χ4n) is 3.71. The highest BCUT2D eigenvalue weighted by molar-refractivity contribution is 14.0. The molecule has 3 unspecified atom stereocenters. The highest BCUT2D eigenvalue weighted by Crippen LogP contribution is 2.41. The van der Waals surface area contributed by atoms with Crippen LogP contribution in [-0.2, 0) is 4.74 Å². The lowest BCUT2D eigenvalue weighted by Gasteiger charge is -2.22. The number of likely N-dealkylation sites (tertiary alicyclic amines) is 1. The summed E-state index contributed by atoms with van der Waals surface area (Å²) in [6.45, 7) is 7.46. The van der Waals surface area contributed by atoms with Crippen LogP contribution in [0.15, 0.2) is 29.3 Å². The van der Waals surface area contributed by atoms with Crippen molar-refractivity contribution in [2.45, 2.75) is 44.6 Å². The number of hydrogen-bond acceptors (Lipinski definition) is 2. The number of guanidine groups is 1. The van der Waals surface area contributed by atoms with Crippen molar-refractivity contribution < 1.29 is 4.74 Å². The predicted molar refractivity (Wildman–Crippen MR) is 115 cm³/mol. The number of aliphatic imine (C=N–C) groups is 1. The summed E-state index contributed by atoms with van der Waals surface area (Å²) in [6.07, 6.45) is 2.40. The first kappa shape index (κ1) is 20.5. The van der Waals surface area contributed by atoms with Crippen LogP contribution >= 0.6 is 24.0 Å². The third kappa shape index (κ3) is 5.09. The van der Waals surface area contributed by atoms with Gasteiger partial charge in [-0.3, -0.25) is 4.99 Å². The lowest BCUT2D eigenvalue weighted by molar-refractivity contribution is 0.157. The Balaban J connectivity index is 0.00000225. The van der Waals surface area contributed by atoms with Crippen LogP contribution in [0, 0.1) is 5.92 Å². The number of rotatable bonds is 5. The van der Waals surface area contributed by atoms with Gasteiger partial charge >= 0.3 is 0 Å². The second kappa shape index (κ2) is 9.21. The topological polar surface area (TPSA) is 36.9 Å². The SMILES string of the molecule is CN=C(NC1CC1c1ccc(C(C)C)cc1)N1CCC(COC)C1.I. The van der Waals surface area contributed by atoms with E-state index >= 15 is 0 Å². The molecular formula is C20H32IN3O. The average molecular weight is 457 g/mol. The largest absolute Gasteiger partial charge is 0.384 e. The van der Waals surface area contributed by atoms with Crippen LogP contribution < -0.4 is 5.32 Å². The molecule has 0 bridgehead atoms. The predicted octanol–water partition coefficient (Wildman–Crippen LogP) is 3.83. The molecule has 2 aliphatic rings. The molecule has 0 aromatic heterocycles. The molecule has 1 aromatic carbocycles. The summed E-state index contributed by atoms with van der Waals surface area (Å²) in [5, 5.41) is 3.67.